The maximum atomic E-state index is 7.75. The Bertz CT molecular complexity index is 13.5. The number of rotatable bonds is 1. The van der Waals surface area contributed by atoms with Gasteiger partial charge in [0.1, 0.15) is 0 Å². The minimum absolute atomic E-state index is 0.0972. The molecule has 0 atom stereocenters. The molecule has 0 saturated heterocycles. The second-order valence-corrected chi connectivity index (χ2v) is 0.512. The van der Waals surface area contributed by atoms with E-state index in [1.807, 2.05) is 0 Å². The average molecular weight is 273 g/mol. The summed E-state index contributed by atoms with van der Waals surface area (Å²) in [5.74, 6) is 0. The van der Waals surface area contributed by atoms with E-state index in [9.17, 15) is 0 Å². The minimum atomic E-state index is 0.0972. The second-order valence-electron chi connectivity index (χ2n) is 0.512. The summed E-state index contributed by atoms with van der Waals surface area (Å²) < 4.78 is 6.97. The number of aliphatic hydroxyl groups excluding tert-OH is 1. The topological polar surface area (TPSA) is 66.5 Å². The summed E-state index contributed by atoms with van der Waals surface area (Å²) in [7, 11) is 0. The van der Waals surface area contributed by atoms with Gasteiger partial charge in [-0.1, -0.05) is 0 Å². The summed E-state index contributed by atoms with van der Waals surface area (Å²) >= 11 is 1.14. The number of hydrogen-bond donors (Lipinski definition) is 3. The van der Waals surface area contributed by atoms with Gasteiger partial charge in [-0.2, -0.15) is 0 Å². The first-order valence-electron chi connectivity index (χ1n) is 1.37. The molecule has 0 fully saturated rings. The fourth-order valence-electron chi connectivity index (χ4n) is 0. The van der Waals surface area contributed by atoms with E-state index in [2.05, 4.69) is 0 Å². The molecule has 0 amide bonds. The molecule has 0 unspecified atom stereocenters. The zero-order chi connectivity index (χ0) is 5.41. The predicted octanol–water partition coefficient (Wildman–Crippen LogP) is -1.62. The van der Waals surface area contributed by atoms with Crippen molar-refractivity contribution in [3.63, 3.8) is 0 Å². The van der Waals surface area contributed by atoms with E-state index >= 15 is 0 Å². The van der Waals surface area contributed by atoms with E-state index in [-0.39, 0.29) is 6.61 Å². The molecule has 4 heteroatoms. The molecule has 0 heterocycles. The summed E-state index contributed by atoms with van der Waals surface area (Å²) in [6.45, 7) is 0.472. The van der Waals surface area contributed by atoms with Gasteiger partial charge in [-0.3, -0.25) is 0 Å². The van der Waals surface area contributed by atoms with Gasteiger partial charge in [0.25, 0.3) is 0 Å². The van der Waals surface area contributed by atoms with Gasteiger partial charge in [-0.25, -0.2) is 0 Å². The molecule has 3 nitrogen and oxygen atoms in total. The molecule has 0 aromatic heterocycles. The molecule has 43 valence electrons. The SMILES string of the molecule is NCCO.[OH][Pt]. The van der Waals surface area contributed by atoms with Crippen LogP contribution < -0.4 is 5.73 Å². The van der Waals surface area contributed by atoms with E-state index in [4.69, 9.17) is 14.6 Å². The van der Waals surface area contributed by atoms with E-state index in [0.29, 0.717) is 6.54 Å². The van der Waals surface area contributed by atoms with Crippen LogP contribution in [0.2, 0.25) is 0 Å². The van der Waals surface area contributed by atoms with Gasteiger partial charge in [-0.05, 0) is 0 Å². The fraction of sp³-hybridized carbons (Fsp3) is 1.00. The van der Waals surface area contributed by atoms with Crippen LogP contribution in [-0.4, -0.2) is 22.0 Å². The Morgan fingerprint density at radius 2 is 1.67 bits per heavy atom. The summed E-state index contributed by atoms with van der Waals surface area (Å²) in [5.41, 5.74) is 4.78. The number of aliphatic hydroxyl groups is 1. The van der Waals surface area contributed by atoms with Crippen molar-refractivity contribution < 1.29 is 29.1 Å². The quantitative estimate of drug-likeness (QED) is 0.538. The van der Waals surface area contributed by atoms with E-state index in [1.165, 1.54) is 0 Å². The molecule has 0 bridgehead atoms. The molecule has 0 aromatic carbocycles. The van der Waals surface area contributed by atoms with Crippen LogP contribution in [0.5, 0.6) is 0 Å². The molecule has 0 radical (unpaired) electrons. The summed E-state index contributed by atoms with van der Waals surface area (Å²) in [6.07, 6.45) is 0. The van der Waals surface area contributed by atoms with E-state index < -0.39 is 0 Å². The van der Waals surface area contributed by atoms with Crippen LogP contribution in [0.1, 0.15) is 0 Å². The van der Waals surface area contributed by atoms with Crippen molar-refractivity contribution in [2.24, 2.45) is 5.73 Å². The second kappa shape index (κ2) is 17.6. The summed E-state index contributed by atoms with van der Waals surface area (Å²) in [5, 5.41) is 7.75. The van der Waals surface area contributed by atoms with Crippen molar-refractivity contribution in [2.75, 3.05) is 13.2 Å². The maximum absolute atomic E-state index is 7.75. The summed E-state index contributed by atoms with van der Waals surface area (Å²) in [4.78, 5) is 0. The third-order valence-electron chi connectivity index (χ3n) is 0.129. The Labute approximate surface area is 48.5 Å². The standard InChI is InChI=1S/C2H7NO.H2O.Pt/c3-1-2-4;;/h4H,1-3H2;1H2;/q;;+1/p-1. The molecule has 0 aliphatic carbocycles. The van der Waals surface area contributed by atoms with Crippen molar-refractivity contribution >= 4 is 0 Å². The molecule has 0 saturated carbocycles. The Kier molecular flexibility index (Phi) is 28.7. The zero-order valence-electron chi connectivity index (χ0n) is 3.20. The van der Waals surface area contributed by atoms with Crippen LogP contribution in [0.4, 0.5) is 0 Å². The van der Waals surface area contributed by atoms with Crippen LogP contribution in [-0.2, 0) is 20.2 Å². The first kappa shape index (κ1) is 9.76. The van der Waals surface area contributed by atoms with Gasteiger partial charge in [0.05, 0.1) is 6.61 Å². The normalized spacial score (nSPS) is 6.17. The third kappa shape index (κ3) is 23.6. The Morgan fingerprint density at radius 3 is 1.67 bits per heavy atom. The van der Waals surface area contributed by atoms with E-state index in [1.54, 1.807) is 0 Å². The van der Waals surface area contributed by atoms with Crippen molar-refractivity contribution in [2.45, 2.75) is 0 Å². The van der Waals surface area contributed by atoms with Gasteiger partial charge in [-0.15, -0.1) is 0 Å². The molecule has 4 N–H and O–H groups in total. The van der Waals surface area contributed by atoms with Crippen LogP contribution in [0.3, 0.4) is 0 Å². The van der Waals surface area contributed by atoms with Gasteiger partial charge < -0.3 is 10.8 Å². The molecule has 6 heavy (non-hydrogen) atoms. The van der Waals surface area contributed by atoms with Crippen molar-refractivity contribution in [3.8, 4) is 0 Å². The zero-order valence-corrected chi connectivity index (χ0v) is 5.47. The molecule has 0 aliphatic heterocycles. The van der Waals surface area contributed by atoms with Crippen LogP contribution in [0, 0.1) is 0 Å². The number of nitrogens with two attached hydrogens (primary N) is 1. The van der Waals surface area contributed by atoms with Gasteiger partial charge in [0.15, 0.2) is 0 Å². The monoisotopic (exact) mass is 273 g/mol. The van der Waals surface area contributed by atoms with Gasteiger partial charge in [0.2, 0.25) is 0 Å². The molecule has 0 rings (SSSR count). The first-order valence-corrected chi connectivity index (χ1v) is 2.38. The number of hydrogen-bond acceptors (Lipinski definition) is 3. The Morgan fingerprint density at radius 1 is 1.50 bits per heavy atom. The third-order valence-corrected chi connectivity index (χ3v) is 0.129. The van der Waals surface area contributed by atoms with Crippen LogP contribution in [0.25, 0.3) is 0 Å². The van der Waals surface area contributed by atoms with Crippen molar-refractivity contribution in [1.82, 2.24) is 0 Å². The van der Waals surface area contributed by atoms with E-state index in [0.717, 1.165) is 20.2 Å². The van der Waals surface area contributed by atoms with Gasteiger partial charge >= 0.3 is 24.0 Å². The Hall–Kier alpha value is 0.568. The van der Waals surface area contributed by atoms with Crippen LogP contribution >= 0.6 is 0 Å². The predicted molar refractivity (Wildman–Crippen MR) is 18.4 cm³/mol. The van der Waals surface area contributed by atoms with Crippen LogP contribution in [0.15, 0.2) is 0 Å². The fourth-order valence-corrected chi connectivity index (χ4v) is 0. The van der Waals surface area contributed by atoms with Crippen molar-refractivity contribution in [1.29, 1.82) is 0 Å². The first-order chi connectivity index (χ1) is 2.91. The summed E-state index contributed by atoms with van der Waals surface area (Å²) in [6, 6.07) is 0. The molecule has 0 aromatic rings. The average Bonchev–Trinajstić information content (AvgIpc) is 1.72. The van der Waals surface area contributed by atoms with Crippen molar-refractivity contribution in [3.05, 3.63) is 0 Å². The molecular weight excluding hydrogens is 265 g/mol. The molecular formula is C2H8NO2Pt. The van der Waals surface area contributed by atoms with Gasteiger partial charge in [0, 0.05) is 6.54 Å². The molecule has 0 spiro atoms. The Balaban J connectivity index is 0. The molecule has 0 aliphatic rings.